The van der Waals surface area contributed by atoms with Gasteiger partial charge in [0, 0.05) is 19.8 Å². The highest BCUT2D eigenvalue weighted by atomic mass is 28.3. The summed E-state index contributed by atoms with van der Waals surface area (Å²) in [7, 11) is -1.73. The van der Waals surface area contributed by atoms with Gasteiger partial charge in [-0.1, -0.05) is 0 Å². The summed E-state index contributed by atoms with van der Waals surface area (Å²) < 4.78 is 26.1. The van der Waals surface area contributed by atoms with Gasteiger partial charge in [-0.25, -0.2) is 0 Å². The molecule has 0 N–H and O–H groups in total. The van der Waals surface area contributed by atoms with Gasteiger partial charge in [-0.15, -0.1) is 0 Å². The van der Waals surface area contributed by atoms with Crippen molar-refractivity contribution in [3.8, 4) is 0 Å². The van der Waals surface area contributed by atoms with Gasteiger partial charge in [0.1, 0.15) is 6.10 Å². The van der Waals surface area contributed by atoms with Crippen molar-refractivity contribution in [3.05, 3.63) is 0 Å². The van der Waals surface area contributed by atoms with Crippen LogP contribution in [0.3, 0.4) is 0 Å². The number of ether oxygens (including phenoxy) is 2. The minimum Gasteiger partial charge on any atom is -0.376 e. The van der Waals surface area contributed by atoms with Crippen LogP contribution >= 0.6 is 0 Å². The smallest absolute Gasteiger partial charge is 0.376 e. The molecule has 0 radical (unpaired) electrons. The van der Waals surface area contributed by atoms with Gasteiger partial charge in [0.05, 0.1) is 19.3 Å². The van der Waals surface area contributed by atoms with Gasteiger partial charge in [-0.3, -0.25) is 0 Å². The molecule has 6 heteroatoms. The fourth-order valence-electron chi connectivity index (χ4n) is 1.50. The molecule has 1 atom stereocenters. The van der Waals surface area contributed by atoms with E-state index in [1.54, 1.807) is 0 Å². The Labute approximate surface area is 118 Å². The quantitative estimate of drug-likeness (QED) is 0.479. The van der Waals surface area contributed by atoms with E-state index in [9.17, 15) is 0 Å². The van der Waals surface area contributed by atoms with Crippen molar-refractivity contribution < 1.29 is 22.8 Å². The molecule has 1 unspecified atom stereocenters. The van der Waals surface area contributed by atoms with Crippen LogP contribution in [0.4, 0.5) is 0 Å². The van der Waals surface area contributed by atoms with Gasteiger partial charge >= 0.3 is 9.53 Å². The molecule has 1 saturated heterocycles. The van der Waals surface area contributed by atoms with Crippen molar-refractivity contribution in [3.63, 3.8) is 0 Å². The maximum Gasteiger partial charge on any atom is 0.484 e. The molecular formula is C13H28O5Si. The summed E-state index contributed by atoms with van der Waals surface area (Å²) in [5.41, 5.74) is 0. The van der Waals surface area contributed by atoms with Crippen LogP contribution in [0.1, 0.15) is 40.0 Å². The largest absolute Gasteiger partial charge is 0.484 e. The van der Waals surface area contributed by atoms with E-state index in [-0.39, 0.29) is 0 Å². The molecule has 1 aliphatic carbocycles. The first-order chi connectivity index (χ1) is 9.30. The van der Waals surface area contributed by atoms with Crippen molar-refractivity contribution in [2.45, 2.75) is 52.2 Å². The summed E-state index contributed by atoms with van der Waals surface area (Å²) in [5, 5.41) is 0. The highest BCUT2D eigenvalue weighted by Crippen LogP contribution is 2.23. The molecule has 114 valence electrons. The van der Waals surface area contributed by atoms with Crippen LogP contribution in [0.25, 0.3) is 0 Å². The average Bonchev–Trinajstić information content (AvgIpc) is 3.13. The molecule has 2 aliphatic rings. The molecule has 0 aromatic carbocycles. The lowest BCUT2D eigenvalue weighted by Crippen LogP contribution is -2.27. The second kappa shape index (κ2) is 10.8. The first kappa shape index (κ1) is 17.1. The third-order valence-corrected chi connectivity index (χ3v) is 4.70. The number of epoxide rings is 1. The van der Waals surface area contributed by atoms with Crippen LogP contribution in [-0.4, -0.2) is 54.8 Å². The SMILES string of the molecule is C1CC(OCC2CO2)C1.CCO[SiH](OCC)OCC. The van der Waals surface area contributed by atoms with E-state index in [4.69, 9.17) is 22.8 Å². The second-order valence-corrected chi connectivity index (χ2v) is 6.07. The highest BCUT2D eigenvalue weighted by Gasteiger charge is 2.26. The van der Waals surface area contributed by atoms with Crippen LogP contribution in [-0.2, 0) is 22.8 Å². The standard InChI is InChI=1S/C7H12O2.C6H16O3Si/c1-2-6(3-1)8-4-7-5-9-7;1-4-7-10(8-5-2)9-6-3/h6-7H,1-5H2;10H,4-6H2,1-3H3. The maximum absolute atomic E-state index is 5.48. The Hall–Kier alpha value is 0.0169. The van der Waals surface area contributed by atoms with E-state index in [0.29, 0.717) is 32.0 Å². The predicted octanol–water partition coefficient (Wildman–Crippen LogP) is 1.77. The van der Waals surface area contributed by atoms with E-state index < -0.39 is 9.53 Å². The Bertz CT molecular complexity index is 195. The lowest BCUT2D eigenvalue weighted by atomic mass is 9.96. The first-order valence-electron chi connectivity index (χ1n) is 7.38. The van der Waals surface area contributed by atoms with Gasteiger partial charge in [0.15, 0.2) is 0 Å². The van der Waals surface area contributed by atoms with E-state index in [2.05, 4.69) is 0 Å². The summed E-state index contributed by atoms with van der Waals surface area (Å²) in [6, 6.07) is 0. The maximum atomic E-state index is 5.48. The van der Waals surface area contributed by atoms with E-state index in [0.717, 1.165) is 13.2 Å². The van der Waals surface area contributed by atoms with E-state index >= 15 is 0 Å². The molecule has 1 aliphatic heterocycles. The number of rotatable bonds is 9. The van der Waals surface area contributed by atoms with E-state index in [1.165, 1.54) is 19.3 Å². The fraction of sp³-hybridized carbons (Fsp3) is 1.00. The second-order valence-electron chi connectivity index (χ2n) is 4.50. The van der Waals surface area contributed by atoms with Crippen molar-refractivity contribution >= 4 is 9.53 Å². The molecule has 0 spiro atoms. The van der Waals surface area contributed by atoms with Crippen molar-refractivity contribution in [2.24, 2.45) is 0 Å². The van der Waals surface area contributed by atoms with Crippen LogP contribution in [0, 0.1) is 0 Å². The number of hydrogen-bond donors (Lipinski definition) is 0. The molecule has 1 heterocycles. The topological polar surface area (TPSA) is 49.5 Å². The Balaban J connectivity index is 0.000000190. The molecule has 0 bridgehead atoms. The first-order valence-corrected chi connectivity index (χ1v) is 8.79. The van der Waals surface area contributed by atoms with Crippen LogP contribution < -0.4 is 0 Å². The molecule has 0 aromatic heterocycles. The summed E-state index contributed by atoms with van der Waals surface area (Å²) in [6.45, 7) is 9.62. The van der Waals surface area contributed by atoms with Gasteiger partial charge in [0.25, 0.3) is 0 Å². The minimum absolute atomic E-state index is 0.450. The molecule has 2 rings (SSSR count). The molecule has 19 heavy (non-hydrogen) atoms. The zero-order chi connectivity index (χ0) is 13.9. The molecule has 2 fully saturated rings. The van der Waals surface area contributed by atoms with Gasteiger partial charge in [0.2, 0.25) is 0 Å². The Kier molecular flexibility index (Phi) is 9.67. The lowest BCUT2D eigenvalue weighted by molar-refractivity contribution is -0.00471. The summed E-state index contributed by atoms with van der Waals surface area (Å²) in [5.74, 6) is 0. The van der Waals surface area contributed by atoms with Crippen LogP contribution in [0.15, 0.2) is 0 Å². The molecule has 0 aromatic rings. The Morgan fingerprint density at radius 1 is 1.00 bits per heavy atom. The minimum atomic E-state index is -1.73. The third kappa shape index (κ3) is 8.72. The van der Waals surface area contributed by atoms with Crippen molar-refractivity contribution in [2.75, 3.05) is 33.0 Å². The normalized spacial score (nSPS) is 21.8. The zero-order valence-electron chi connectivity index (χ0n) is 12.4. The predicted molar refractivity (Wildman–Crippen MR) is 75.4 cm³/mol. The summed E-state index contributed by atoms with van der Waals surface area (Å²) in [4.78, 5) is 0. The fourth-order valence-corrected chi connectivity index (χ4v) is 2.60. The van der Waals surface area contributed by atoms with Gasteiger partial charge < -0.3 is 22.8 Å². The third-order valence-electron chi connectivity index (χ3n) is 2.88. The summed E-state index contributed by atoms with van der Waals surface area (Å²) in [6.07, 6.45) is 4.93. The monoisotopic (exact) mass is 292 g/mol. The Morgan fingerprint density at radius 2 is 1.53 bits per heavy atom. The number of hydrogen-bond acceptors (Lipinski definition) is 5. The van der Waals surface area contributed by atoms with Crippen molar-refractivity contribution in [1.82, 2.24) is 0 Å². The van der Waals surface area contributed by atoms with Crippen molar-refractivity contribution in [1.29, 1.82) is 0 Å². The van der Waals surface area contributed by atoms with Gasteiger partial charge in [-0.05, 0) is 40.0 Å². The van der Waals surface area contributed by atoms with Crippen LogP contribution in [0.2, 0.25) is 0 Å². The van der Waals surface area contributed by atoms with Gasteiger partial charge in [-0.2, -0.15) is 0 Å². The highest BCUT2D eigenvalue weighted by molar-refractivity contribution is 6.36. The van der Waals surface area contributed by atoms with E-state index in [1.807, 2.05) is 20.8 Å². The molecule has 0 amide bonds. The lowest BCUT2D eigenvalue weighted by Gasteiger charge is -2.24. The summed E-state index contributed by atoms with van der Waals surface area (Å²) >= 11 is 0. The Morgan fingerprint density at radius 3 is 1.84 bits per heavy atom. The average molecular weight is 292 g/mol. The molecule has 5 nitrogen and oxygen atoms in total. The zero-order valence-corrected chi connectivity index (χ0v) is 13.6. The molecular weight excluding hydrogens is 264 g/mol. The molecule has 1 saturated carbocycles. The van der Waals surface area contributed by atoms with Crippen LogP contribution in [0.5, 0.6) is 0 Å².